The van der Waals surface area contributed by atoms with E-state index in [1.165, 1.54) is 4.31 Å². The fourth-order valence-corrected chi connectivity index (χ4v) is 3.93. The molecule has 21 heavy (non-hydrogen) atoms. The van der Waals surface area contributed by atoms with Gasteiger partial charge in [0.1, 0.15) is 0 Å². The number of nitrogens with zero attached hydrogens (tertiary/aromatic N) is 1. The van der Waals surface area contributed by atoms with Crippen LogP contribution < -0.4 is 0 Å². The lowest BCUT2D eigenvalue weighted by atomic mass is 10.1. The molecule has 0 radical (unpaired) electrons. The molecule has 0 aliphatic carbocycles. The van der Waals surface area contributed by atoms with E-state index in [2.05, 4.69) is 0 Å². The van der Waals surface area contributed by atoms with E-state index < -0.39 is 10.0 Å². The molecule has 7 heteroatoms. The van der Waals surface area contributed by atoms with Crippen molar-refractivity contribution in [3.63, 3.8) is 0 Å². The van der Waals surface area contributed by atoms with E-state index in [1.807, 2.05) is 6.07 Å². The van der Waals surface area contributed by atoms with Crippen LogP contribution in [0.3, 0.4) is 0 Å². The first kappa shape index (κ1) is 18.4. The zero-order valence-electron chi connectivity index (χ0n) is 12.6. The van der Waals surface area contributed by atoms with Crippen molar-refractivity contribution in [3.05, 3.63) is 29.3 Å². The van der Waals surface area contributed by atoms with Gasteiger partial charge in [0.25, 0.3) is 0 Å². The highest BCUT2D eigenvalue weighted by molar-refractivity contribution is 7.89. The number of sulfonamides is 1. The number of hydrogen-bond acceptors (Lipinski definition) is 4. The van der Waals surface area contributed by atoms with Gasteiger partial charge in [-0.3, -0.25) is 0 Å². The SMILES string of the molecule is COCCN(CCOC)S(=O)(=O)c1cccc(CCl)c1C. The molecule has 0 bridgehead atoms. The van der Waals surface area contributed by atoms with Gasteiger partial charge >= 0.3 is 0 Å². The number of methoxy groups -OCH3 is 2. The van der Waals surface area contributed by atoms with Gasteiger partial charge in [-0.2, -0.15) is 4.31 Å². The fourth-order valence-electron chi connectivity index (χ4n) is 1.96. The number of ether oxygens (including phenoxy) is 2. The van der Waals surface area contributed by atoms with E-state index in [9.17, 15) is 8.42 Å². The van der Waals surface area contributed by atoms with E-state index >= 15 is 0 Å². The van der Waals surface area contributed by atoms with Crippen LogP contribution in [0.1, 0.15) is 11.1 Å². The predicted octanol–water partition coefficient (Wildman–Crippen LogP) is 2.02. The molecule has 0 saturated heterocycles. The van der Waals surface area contributed by atoms with Gasteiger partial charge < -0.3 is 9.47 Å². The van der Waals surface area contributed by atoms with Crippen molar-refractivity contribution in [3.8, 4) is 0 Å². The fraction of sp³-hybridized carbons (Fsp3) is 0.571. The van der Waals surface area contributed by atoms with Crippen LogP contribution in [0.25, 0.3) is 0 Å². The van der Waals surface area contributed by atoms with Gasteiger partial charge in [0.2, 0.25) is 10.0 Å². The lowest BCUT2D eigenvalue weighted by molar-refractivity contribution is 0.150. The smallest absolute Gasteiger partial charge is 0.243 e. The van der Waals surface area contributed by atoms with Gasteiger partial charge in [0, 0.05) is 33.2 Å². The molecule has 0 heterocycles. The maximum atomic E-state index is 12.8. The third kappa shape index (κ3) is 4.66. The summed E-state index contributed by atoms with van der Waals surface area (Å²) < 4.78 is 37.0. The summed E-state index contributed by atoms with van der Waals surface area (Å²) in [5, 5.41) is 0. The van der Waals surface area contributed by atoms with Gasteiger partial charge in [-0.15, -0.1) is 11.6 Å². The predicted molar refractivity (Wildman–Crippen MR) is 83.2 cm³/mol. The molecule has 1 rings (SSSR count). The first-order chi connectivity index (χ1) is 9.98. The molecule has 0 N–H and O–H groups in total. The number of alkyl halides is 1. The van der Waals surface area contributed by atoms with Crippen molar-refractivity contribution in [2.75, 3.05) is 40.5 Å². The Labute approximate surface area is 131 Å². The third-order valence-electron chi connectivity index (χ3n) is 3.25. The highest BCUT2D eigenvalue weighted by Crippen LogP contribution is 2.23. The highest BCUT2D eigenvalue weighted by atomic mass is 35.5. The summed E-state index contributed by atoms with van der Waals surface area (Å²) in [5.74, 6) is 0.283. The Hall–Kier alpha value is -0.660. The molecule has 0 amide bonds. The average molecular weight is 336 g/mol. The summed E-state index contributed by atoms with van der Waals surface area (Å²) in [6, 6.07) is 5.14. The van der Waals surface area contributed by atoms with E-state index in [0.717, 1.165) is 5.56 Å². The van der Waals surface area contributed by atoms with Crippen LogP contribution >= 0.6 is 11.6 Å². The normalized spacial score (nSPS) is 12.0. The lowest BCUT2D eigenvalue weighted by Gasteiger charge is -2.23. The van der Waals surface area contributed by atoms with Gasteiger partial charge in [0.15, 0.2) is 0 Å². The monoisotopic (exact) mass is 335 g/mol. The quantitative estimate of drug-likeness (QED) is 0.648. The van der Waals surface area contributed by atoms with Crippen molar-refractivity contribution in [2.45, 2.75) is 17.7 Å². The van der Waals surface area contributed by atoms with E-state index in [-0.39, 0.29) is 23.9 Å². The standard InChI is InChI=1S/C14H22ClNO4S/c1-12-13(11-15)5-4-6-14(12)21(17,18)16(7-9-19-2)8-10-20-3/h4-6H,7-11H2,1-3H3. The maximum Gasteiger partial charge on any atom is 0.243 e. The lowest BCUT2D eigenvalue weighted by Crippen LogP contribution is -2.36. The molecule has 0 atom stereocenters. The van der Waals surface area contributed by atoms with Gasteiger partial charge in [-0.1, -0.05) is 12.1 Å². The summed E-state index contributed by atoms with van der Waals surface area (Å²) in [6.07, 6.45) is 0. The molecule has 5 nitrogen and oxygen atoms in total. The maximum absolute atomic E-state index is 12.8. The summed E-state index contributed by atoms with van der Waals surface area (Å²) in [4.78, 5) is 0.285. The van der Waals surface area contributed by atoms with Crippen molar-refractivity contribution in [1.82, 2.24) is 4.31 Å². The van der Waals surface area contributed by atoms with Crippen molar-refractivity contribution in [2.24, 2.45) is 0 Å². The minimum Gasteiger partial charge on any atom is -0.383 e. The van der Waals surface area contributed by atoms with E-state index in [4.69, 9.17) is 21.1 Å². The number of benzene rings is 1. The van der Waals surface area contributed by atoms with Gasteiger partial charge in [-0.25, -0.2) is 8.42 Å². The molecule has 1 aromatic carbocycles. The average Bonchev–Trinajstić information content (AvgIpc) is 2.47. The van der Waals surface area contributed by atoms with Crippen LogP contribution in [-0.2, 0) is 25.4 Å². The number of hydrogen-bond donors (Lipinski definition) is 0. The van der Waals surface area contributed by atoms with Crippen LogP contribution in [0.4, 0.5) is 0 Å². The topological polar surface area (TPSA) is 55.8 Å². The van der Waals surface area contributed by atoms with Crippen molar-refractivity contribution >= 4 is 21.6 Å². The molecule has 0 saturated carbocycles. The molecule has 120 valence electrons. The molecule has 0 fully saturated rings. The molecular formula is C14H22ClNO4S. The molecule has 0 unspecified atom stereocenters. The van der Waals surface area contributed by atoms with Crippen molar-refractivity contribution < 1.29 is 17.9 Å². The van der Waals surface area contributed by atoms with Crippen LogP contribution in [0.5, 0.6) is 0 Å². The molecule has 0 aliphatic heterocycles. The Morgan fingerprint density at radius 1 is 1.14 bits per heavy atom. The molecule has 1 aromatic rings. The zero-order chi connectivity index (χ0) is 15.9. The first-order valence-electron chi connectivity index (χ1n) is 6.61. The van der Waals surface area contributed by atoms with Crippen LogP contribution in [0, 0.1) is 6.92 Å². The highest BCUT2D eigenvalue weighted by Gasteiger charge is 2.26. The molecule has 0 aliphatic rings. The molecular weight excluding hydrogens is 314 g/mol. The first-order valence-corrected chi connectivity index (χ1v) is 8.59. The Balaban J connectivity index is 3.15. The summed E-state index contributed by atoms with van der Waals surface area (Å²) in [6.45, 7) is 3.00. The van der Waals surface area contributed by atoms with Gasteiger partial charge in [-0.05, 0) is 24.1 Å². The molecule has 0 spiro atoms. The minimum atomic E-state index is -3.59. The van der Waals surface area contributed by atoms with Crippen LogP contribution in [-0.4, -0.2) is 53.2 Å². The Morgan fingerprint density at radius 3 is 2.19 bits per heavy atom. The van der Waals surface area contributed by atoms with E-state index in [0.29, 0.717) is 18.8 Å². The second kappa shape index (κ2) is 8.70. The Morgan fingerprint density at radius 2 is 1.71 bits per heavy atom. The van der Waals surface area contributed by atoms with Crippen molar-refractivity contribution in [1.29, 1.82) is 0 Å². The Bertz CT molecular complexity index is 540. The number of halogens is 1. The minimum absolute atomic E-state index is 0.283. The summed E-state index contributed by atoms with van der Waals surface area (Å²) >= 11 is 5.85. The van der Waals surface area contributed by atoms with E-state index in [1.54, 1.807) is 33.3 Å². The third-order valence-corrected chi connectivity index (χ3v) is 5.58. The second-order valence-corrected chi connectivity index (χ2v) is 6.74. The summed E-state index contributed by atoms with van der Waals surface area (Å²) in [7, 11) is -0.510. The second-order valence-electron chi connectivity index (χ2n) is 4.56. The number of rotatable bonds is 9. The largest absolute Gasteiger partial charge is 0.383 e. The van der Waals surface area contributed by atoms with Crippen LogP contribution in [0.15, 0.2) is 23.1 Å². The Kier molecular flexibility index (Phi) is 7.62. The van der Waals surface area contributed by atoms with Crippen LogP contribution in [0.2, 0.25) is 0 Å². The summed E-state index contributed by atoms with van der Waals surface area (Å²) in [5.41, 5.74) is 1.50. The zero-order valence-corrected chi connectivity index (χ0v) is 14.2. The molecule has 0 aromatic heterocycles. The van der Waals surface area contributed by atoms with Gasteiger partial charge in [0.05, 0.1) is 18.1 Å².